The zero-order valence-electron chi connectivity index (χ0n) is 15.6. The third-order valence-electron chi connectivity index (χ3n) is 4.42. The maximum Gasteiger partial charge on any atom is 0.273 e. The molecule has 3 rings (SSSR count). The first-order chi connectivity index (χ1) is 12.6. The molecule has 0 spiro atoms. The topological polar surface area (TPSA) is 47.4 Å². The van der Waals surface area contributed by atoms with E-state index in [0.717, 1.165) is 35.3 Å². The van der Waals surface area contributed by atoms with Crippen LogP contribution in [0.3, 0.4) is 0 Å². The van der Waals surface area contributed by atoms with Crippen LogP contribution >= 0.6 is 0 Å². The lowest BCUT2D eigenvalue weighted by molar-refractivity contribution is 0.386. The third kappa shape index (κ3) is 4.11. The summed E-state index contributed by atoms with van der Waals surface area (Å²) < 4.78 is 7.18. The second kappa shape index (κ2) is 8.15. The van der Waals surface area contributed by atoms with Gasteiger partial charge in [0, 0.05) is 19.0 Å². The lowest BCUT2D eigenvalue weighted by Gasteiger charge is -2.15. The van der Waals surface area contributed by atoms with Crippen LogP contribution in [0.25, 0.3) is 11.0 Å². The van der Waals surface area contributed by atoms with Gasteiger partial charge in [0.2, 0.25) is 0 Å². The van der Waals surface area contributed by atoms with E-state index in [9.17, 15) is 4.79 Å². The van der Waals surface area contributed by atoms with Crippen molar-refractivity contribution in [1.29, 1.82) is 0 Å². The first-order valence-corrected chi connectivity index (χ1v) is 8.84. The van der Waals surface area contributed by atoms with Gasteiger partial charge in [0.1, 0.15) is 11.4 Å². The molecule has 0 aliphatic carbocycles. The Morgan fingerprint density at radius 3 is 2.58 bits per heavy atom. The van der Waals surface area contributed by atoms with Crippen LogP contribution in [-0.4, -0.2) is 42.2 Å². The summed E-state index contributed by atoms with van der Waals surface area (Å²) in [5.74, 6) is 0.745. The van der Waals surface area contributed by atoms with E-state index >= 15 is 0 Å². The summed E-state index contributed by atoms with van der Waals surface area (Å²) in [6.45, 7) is 1.60. The summed E-state index contributed by atoms with van der Waals surface area (Å²) in [7, 11) is 5.72. The molecule has 2 aromatic carbocycles. The molecule has 0 amide bonds. The zero-order chi connectivity index (χ0) is 18.5. The van der Waals surface area contributed by atoms with Crippen molar-refractivity contribution in [1.82, 2.24) is 14.5 Å². The minimum atomic E-state index is -0.00900. The Morgan fingerprint density at radius 1 is 1.12 bits per heavy atom. The second-order valence-electron chi connectivity index (χ2n) is 6.69. The maximum atomic E-state index is 13.1. The van der Waals surface area contributed by atoms with Crippen molar-refractivity contribution in [3.63, 3.8) is 0 Å². The van der Waals surface area contributed by atoms with E-state index in [1.807, 2.05) is 67.2 Å². The Hall–Kier alpha value is -2.66. The molecule has 0 aliphatic heterocycles. The van der Waals surface area contributed by atoms with E-state index in [2.05, 4.69) is 9.88 Å². The van der Waals surface area contributed by atoms with Crippen molar-refractivity contribution in [3.8, 4) is 5.75 Å². The zero-order valence-corrected chi connectivity index (χ0v) is 15.6. The second-order valence-corrected chi connectivity index (χ2v) is 6.69. The van der Waals surface area contributed by atoms with E-state index in [1.54, 1.807) is 7.11 Å². The van der Waals surface area contributed by atoms with Gasteiger partial charge in [0.15, 0.2) is 0 Å². The van der Waals surface area contributed by atoms with Crippen molar-refractivity contribution in [3.05, 3.63) is 70.1 Å². The van der Waals surface area contributed by atoms with Crippen LogP contribution in [-0.2, 0) is 13.0 Å². The molecule has 5 nitrogen and oxygen atoms in total. The molecule has 1 heterocycles. The molecule has 0 unspecified atom stereocenters. The normalized spacial score (nSPS) is 11.2. The van der Waals surface area contributed by atoms with Crippen LogP contribution in [0.1, 0.15) is 17.7 Å². The number of ether oxygens (including phenoxy) is 1. The van der Waals surface area contributed by atoms with Crippen LogP contribution in [0.2, 0.25) is 0 Å². The number of hydrogen-bond donors (Lipinski definition) is 0. The summed E-state index contributed by atoms with van der Waals surface area (Å²) in [5.41, 5.74) is 3.29. The summed E-state index contributed by atoms with van der Waals surface area (Å²) in [4.78, 5) is 19.9. The molecule has 0 saturated carbocycles. The maximum absolute atomic E-state index is 13.1. The largest absolute Gasteiger partial charge is 0.497 e. The molecule has 5 heteroatoms. The molecular weight excluding hydrogens is 326 g/mol. The number of rotatable bonds is 7. The lowest BCUT2D eigenvalue weighted by atomic mass is 10.1. The number of benzene rings is 2. The van der Waals surface area contributed by atoms with Gasteiger partial charge in [-0.1, -0.05) is 30.3 Å². The summed E-state index contributed by atoms with van der Waals surface area (Å²) in [5, 5.41) is 0. The number of aryl methyl sites for hydroxylation is 1. The lowest BCUT2D eigenvalue weighted by Crippen LogP contribution is -2.27. The first kappa shape index (κ1) is 18.1. The smallest absolute Gasteiger partial charge is 0.273 e. The number of methoxy groups -OCH3 is 1. The average Bonchev–Trinajstić information content (AvgIpc) is 2.64. The van der Waals surface area contributed by atoms with Gasteiger partial charge in [0.05, 0.1) is 18.1 Å². The fraction of sp³-hybridized carbons (Fsp3) is 0.333. The van der Waals surface area contributed by atoms with E-state index < -0.39 is 0 Å². The van der Waals surface area contributed by atoms with Crippen LogP contribution < -0.4 is 10.3 Å². The van der Waals surface area contributed by atoms with Crippen LogP contribution in [0.4, 0.5) is 0 Å². The Bertz CT molecular complexity index is 933. The highest BCUT2D eigenvalue weighted by Crippen LogP contribution is 2.19. The summed E-state index contributed by atoms with van der Waals surface area (Å²) >= 11 is 0. The van der Waals surface area contributed by atoms with E-state index in [0.29, 0.717) is 18.7 Å². The van der Waals surface area contributed by atoms with Gasteiger partial charge in [-0.05, 0) is 44.8 Å². The molecule has 26 heavy (non-hydrogen) atoms. The molecule has 0 saturated heterocycles. The van der Waals surface area contributed by atoms with Gasteiger partial charge in [-0.2, -0.15) is 0 Å². The van der Waals surface area contributed by atoms with Crippen molar-refractivity contribution < 1.29 is 4.74 Å². The number of fused-ring (bicyclic) bond motifs is 1. The van der Waals surface area contributed by atoms with Gasteiger partial charge >= 0.3 is 0 Å². The van der Waals surface area contributed by atoms with Gasteiger partial charge in [-0.25, -0.2) is 4.98 Å². The molecular formula is C21H25N3O2. The third-order valence-corrected chi connectivity index (χ3v) is 4.42. The molecule has 0 bridgehead atoms. The van der Waals surface area contributed by atoms with Crippen molar-refractivity contribution in [2.24, 2.45) is 0 Å². The fourth-order valence-electron chi connectivity index (χ4n) is 3.08. The minimum absolute atomic E-state index is 0.00900. The summed E-state index contributed by atoms with van der Waals surface area (Å²) in [6.07, 6.45) is 1.43. The molecule has 3 aromatic rings. The SMILES string of the molecule is COc1ccc2c(c1)nc(Cc1ccccc1)c(=O)n2CCCN(C)C. The Labute approximate surface area is 153 Å². The Kier molecular flexibility index (Phi) is 5.68. The Morgan fingerprint density at radius 2 is 1.88 bits per heavy atom. The number of aromatic nitrogens is 2. The van der Waals surface area contributed by atoms with Gasteiger partial charge < -0.3 is 14.2 Å². The molecule has 0 aliphatic rings. The first-order valence-electron chi connectivity index (χ1n) is 8.84. The van der Waals surface area contributed by atoms with E-state index in [4.69, 9.17) is 4.74 Å². The van der Waals surface area contributed by atoms with E-state index in [-0.39, 0.29) is 5.56 Å². The minimum Gasteiger partial charge on any atom is -0.497 e. The monoisotopic (exact) mass is 351 g/mol. The predicted molar refractivity (Wildman–Crippen MR) is 105 cm³/mol. The molecule has 1 aromatic heterocycles. The standard InChI is InChI=1S/C21H25N3O2/c1-23(2)12-7-13-24-20-11-10-17(26-3)15-18(20)22-19(21(24)25)14-16-8-5-4-6-9-16/h4-6,8-11,15H,7,12-14H2,1-3H3. The molecule has 136 valence electrons. The van der Waals surface area contributed by atoms with Crippen LogP contribution in [0, 0.1) is 0 Å². The summed E-state index contributed by atoms with van der Waals surface area (Å²) in [6, 6.07) is 15.7. The highest BCUT2D eigenvalue weighted by Gasteiger charge is 2.12. The molecule has 0 radical (unpaired) electrons. The van der Waals surface area contributed by atoms with Crippen molar-refractivity contribution in [2.75, 3.05) is 27.7 Å². The van der Waals surface area contributed by atoms with Gasteiger partial charge in [0.25, 0.3) is 5.56 Å². The highest BCUT2D eigenvalue weighted by molar-refractivity contribution is 5.76. The fourth-order valence-corrected chi connectivity index (χ4v) is 3.08. The van der Waals surface area contributed by atoms with Crippen molar-refractivity contribution >= 4 is 11.0 Å². The van der Waals surface area contributed by atoms with Crippen LogP contribution in [0.15, 0.2) is 53.3 Å². The molecule has 0 atom stereocenters. The number of nitrogens with zero attached hydrogens (tertiary/aromatic N) is 3. The van der Waals surface area contributed by atoms with Crippen LogP contribution in [0.5, 0.6) is 5.75 Å². The quantitative estimate of drug-likeness (QED) is 0.657. The average molecular weight is 351 g/mol. The van der Waals surface area contributed by atoms with Gasteiger partial charge in [-0.15, -0.1) is 0 Å². The molecule has 0 N–H and O–H groups in total. The van der Waals surface area contributed by atoms with E-state index in [1.165, 1.54) is 0 Å². The van der Waals surface area contributed by atoms with Gasteiger partial charge in [-0.3, -0.25) is 4.79 Å². The highest BCUT2D eigenvalue weighted by atomic mass is 16.5. The predicted octanol–water partition coefficient (Wildman–Crippen LogP) is 2.95. The van der Waals surface area contributed by atoms with Crippen molar-refractivity contribution in [2.45, 2.75) is 19.4 Å². The Balaban J connectivity index is 2.05. The molecule has 0 fully saturated rings. The number of hydrogen-bond acceptors (Lipinski definition) is 4.